The van der Waals surface area contributed by atoms with E-state index in [2.05, 4.69) is 31.3 Å². The first kappa shape index (κ1) is 19.8. The van der Waals surface area contributed by atoms with Crippen LogP contribution in [0.15, 0.2) is 48.5 Å². The second-order valence-electron chi connectivity index (χ2n) is 8.71. The van der Waals surface area contributed by atoms with Gasteiger partial charge < -0.3 is 14.9 Å². The molecule has 2 aromatic carbocycles. The van der Waals surface area contributed by atoms with Gasteiger partial charge in [-0.3, -0.25) is 4.48 Å². The van der Waals surface area contributed by atoms with E-state index in [-0.39, 0.29) is 5.75 Å². The Morgan fingerprint density at radius 3 is 2.48 bits per heavy atom. The van der Waals surface area contributed by atoms with Gasteiger partial charge >= 0.3 is 0 Å². The maximum atomic E-state index is 9.86. The van der Waals surface area contributed by atoms with Gasteiger partial charge in [0.2, 0.25) is 0 Å². The Bertz CT molecular complexity index is 876. The molecular weight excluding hydrogens is 362 g/mol. The van der Waals surface area contributed by atoms with Crippen LogP contribution in [0.1, 0.15) is 44.1 Å². The van der Waals surface area contributed by atoms with Crippen molar-refractivity contribution in [3.8, 4) is 17.2 Å². The first-order valence-electron chi connectivity index (χ1n) is 10.7. The van der Waals surface area contributed by atoms with Crippen molar-refractivity contribution >= 4 is 11.8 Å². The highest BCUT2D eigenvalue weighted by Crippen LogP contribution is 2.45. The fraction of sp³-hybridized carbons (Fsp3) is 0.440. The van der Waals surface area contributed by atoms with E-state index in [1.54, 1.807) is 13.2 Å². The highest BCUT2D eigenvalue weighted by Gasteiger charge is 2.49. The number of quaternary nitrogens is 1. The largest absolute Gasteiger partial charge is 0.508 e. The quantitative estimate of drug-likeness (QED) is 0.675. The number of benzene rings is 2. The molecule has 4 unspecified atom stereocenters. The van der Waals surface area contributed by atoms with E-state index in [0.717, 1.165) is 22.4 Å². The van der Waals surface area contributed by atoms with Crippen LogP contribution in [0.2, 0.25) is 0 Å². The summed E-state index contributed by atoms with van der Waals surface area (Å²) in [4.78, 5) is 0. The fourth-order valence-corrected chi connectivity index (χ4v) is 5.58. The molecule has 1 heterocycles. The third-order valence-electron chi connectivity index (χ3n) is 7.20. The number of rotatable bonds is 4. The predicted molar refractivity (Wildman–Crippen MR) is 118 cm³/mol. The summed E-state index contributed by atoms with van der Waals surface area (Å²) in [5.74, 6) is 1.76. The predicted octanol–water partition coefficient (Wildman–Crippen LogP) is 5.48. The summed E-state index contributed by atoms with van der Waals surface area (Å²) >= 11 is 0. The number of hydrogen-bond acceptors (Lipinski definition) is 3. The average molecular weight is 395 g/mol. The van der Waals surface area contributed by atoms with Crippen LogP contribution < -0.4 is 9.22 Å². The van der Waals surface area contributed by atoms with Crippen molar-refractivity contribution in [1.82, 2.24) is 4.48 Å². The zero-order chi connectivity index (χ0) is 20.4. The number of nitrogens with zero attached hydrogens (tertiary/aromatic N) is 1. The summed E-state index contributed by atoms with van der Waals surface area (Å²) in [7, 11) is 3.95. The SMILES string of the molecule is COc1cc(C=CC2CCC3CCCCC3[N+]2(C)c2ccc(O)cc2)ccc1O. The summed E-state index contributed by atoms with van der Waals surface area (Å²) in [6.07, 6.45) is 12.2. The van der Waals surface area contributed by atoms with Crippen molar-refractivity contribution in [3.05, 3.63) is 54.1 Å². The number of piperidine rings is 1. The van der Waals surface area contributed by atoms with Gasteiger partial charge in [-0.1, -0.05) is 18.6 Å². The molecule has 154 valence electrons. The Morgan fingerprint density at radius 1 is 0.966 bits per heavy atom. The second kappa shape index (κ2) is 8.11. The van der Waals surface area contributed by atoms with Crippen molar-refractivity contribution in [2.45, 2.75) is 50.6 Å². The van der Waals surface area contributed by atoms with Crippen molar-refractivity contribution in [2.75, 3.05) is 14.2 Å². The van der Waals surface area contributed by atoms with Crippen molar-refractivity contribution in [3.63, 3.8) is 0 Å². The van der Waals surface area contributed by atoms with Crippen LogP contribution in [0.3, 0.4) is 0 Å². The summed E-state index contributed by atoms with van der Waals surface area (Å²) in [5.41, 5.74) is 2.31. The number of hydrogen-bond donors (Lipinski definition) is 2. The van der Waals surface area contributed by atoms with Gasteiger partial charge in [0.1, 0.15) is 17.5 Å². The van der Waals surface area contributed by atoms with Crippen LogP contribution >= 0.6 is 0 Å². The maximum absolute atomic E-state index is 9.86. The summed E-state index contributed by atoms with van der Waals surface area (Å²) in [5, 5.41) is 19.7. The molecule has 1 saturated carbocycles. The Morgan fingerprint density at radius 2 is 1.72 bits per heavy atom. The van der Waals surface area contributed by atoms with Crippen molar-refractivity contribution < 1.29 is 14.9 Å². The zero-order valence-corrected chi connectivity index (χ0v) is 17.4. The standard InChI is InChI=1S/C25H31NO3/c1-26(21-12-14-22(27)15-13-21)20(11-9-19-5-3-4-6-23(19)26)10-7-18-8-16-24(28)25(17-18)29-2/h7-8,10,12-17,19-20,23H,3-6,9,11H2,1-2H3,(H-,27,28)/p+1. The molecule has 2 aliphatic rings. The van der Waals surface area contributed by atoms with Crippen LogP contribution in [-0.2, 0) is 0 Å². The second-order valence-corrected chi connectivity index (χ2v) is 8.71. The first-order valence-corrected chi connectivity index (χ1v) is 10.7. The highest BCUT2D eigenvalue weighted by molar-refractivity contribution is 5.57. The lowest BCUT2D eigenvalue weighted by molar-refractivity contribution is 0.0602. The average Bonchev–Trinajstić information content (AvgIpc) is 2.75. The Hall–Kier alpha value is -2.46. The number of methoxy groups -OCH3 is 1. The monoisotopic (exact) mass is 394 g/mol. The molecule has 2 N–H and O–H groups in total. The van der Waals surface area contributed by atoms with Crippen molar-refractivity contribution in [1.29, 1.82) is 0 Å². The van der Waals surface area contributed by atoms with E-state index in [1.807, 2.05) is 24.3 Å². The van der Waals surface area contributed by atoms with Crippen LogP contribution in [0.4, 0.5) is 5.69 Å². The lowest BCUT2D eigenvalue weighted by atomic mass is 9.74. The van der Waals surface area contributed by atoms with E-state index >= 15 is 0 Å². The molecular formula is C25H32NO3+. The minimum atomic E-state index is 0.164. The minimum Gasteiger partial charge on any atom is -0.508 e. The lowest BCUT2D eigenvalue weighted by Gasteiger charge is -2.54. The number of fused-ring (bicyclic) bond motifs is 1. The molecule has 0 radical (unpaired) electrons. The zero-order valence-electron chi connectivity index (χ0n) is 17.4. The topological polar surface area (TPSA) is 49.7 Å². The van der Waals surface area contributed by atoms with E-state index in [0.29, 0.717) is 23.6 Å². The molecule has 0 amide bonds. The number of phenols is 2. The van der Waals surface area contributed by atoms with Gasteiger partial charge in [-0.15, -0.1) is 0 Å². The molecule has 4 heteroatoms. The molecule has 29 heavy (non-hydrogen) atoms. The number of ether oxygens (including phenoxy) is 1. The van der Waals surface area contributed by atoms with E-state index in [1.165, 1.54) is 37.8 Å². The van der Waals surface area contributed by atoms with Crippen LogP contribution in [0.5, 0.6) is 17.2 Å². The van der Waals surface area contributed by atoms with Gasteiger partial charge in [-0.25, -0.2) is 0 Å². The molecule has 4 nitrogen and oxygen atoms in total. The van der Waals surface area contributed by atoms with Gasteiger partial charge in [-0.2, -0.15) is 0 Å². The van der Waals surface area contributed by atoms with Crippen LogP contribution in [0.25, 0.3) is 6.08 Å². The first-order chi connectivity index (χ1) is 14.0. The molecule has 2 aromatic rings. The molecule has 1 aliphatic carbocycles. The highest BCUT2D eigenvalue weighted by atomic mass is 16.5. The van der Waals surface area contributed by atoms with Crippen LogP contribution in [-0.4, -0.2) is 36.5 Å². The van der Waals surface area contributed by atoms with Crippen LogP contribution in [0, 0.1) is 5.92 Å². The molecule has 2 fully saturated rings. The molecule has 4 atom stereocenters. The third-order valence-corrected chi connectivity index (χ3v) is 7.20. The summed E-state index contributed by atoms with van der Waals surface area (Å²) in [6, 6.07) is 14.3. The Kier molecular flexibility index (Phi) is 5.55. The molecule has 4 rings (SSSR count). The van der Waals surface area contributed by atoms with Crippen molar-refractivity contribution in [2.24, 2.45) is 5.92 Å². The smallest absolute Gasteiger partial charge is 0.161 e. The third kappa shape index (κ3) is 3.74. The molecule has 0 aromatic heterocycles. The number of likely N-dealkylation sites (tertiary alicyclic amines) is 1. The molecule has 1 aliphatic heterocycles. The van der Waals surface area contributed by atoms with Gasteiger partial charge in [0.25, 0.3) is 0 Å². The molecule has 0 bridgehead atoms. The Balaban J connectivity index is 1.69. The maximum Gasteiger partial charge on any atom is 0.161 e. The van der Waals surface area contributed by atoms with Gasteiger partial charge in [0, 0.05) is 30.9 Å². The molecule has 0 spiro atoms. The normalized spacial score (nSPS) is 29.5. The van der Waals surface area contributed by atoms with Gasteiger partial charge in [0.05, 0.1) is 20.2 Å². The van der Waals surface area contributed by atoms with Gasteiger partial charge in [0.15, 0.2) is 11.5 Å². The number of phenolic OH excluding ortho intramolecular Hbond substituents is 2. The lowest BCUT2D eigenvalue weighted by Crippen LogP contribution is -2.65. The van der Waals surface area contributed by atoms with E-state index < -0.39 is 0 Å². The summed E-state index contributed by atoms with van der Waals surface area (Å²) in [6.45, 7) is 0. The summed E-state index contributed by atoms with van der Waals surface area (Å²) < 4.78 is 6.16. The number of aromatic hydroxyl groups is 2. The van der Waals surface area contributed by atoms with E-state index in [4.69, 9.17) is 4.74 Å². The van der Waals surface area contributed by atoms with Gasteiger partial charge in [-0.05, 0) is 55.2 Å². The van der Waals surface area contributed by atoms with E-state index in [9.17, 15) is 10.2 Å². The fourth-order valence-electron chi connectivity index (χ4n) is 5.58. The number of likely N-dealkylation sites (N-methyl/N-ethyl adjacent to an activating group) is 1. The molecule has 1 saturated heterocycles. The minimum absolute atomic E-state index is 0.164. The Labute approximate surface area is 173 Å².